The first kappa shape index (κ1) is 11.3. The van der Waals surface area contributed by atoms with Crippen molar-refractivity contribution in [2.75, 3.05) is 0 Å². The minimum Gasteiger partial charge on any atom is -0.427 e. The van der Waals surface area contributed by atoms with Gasteiger partial charge in [-0.15, -0.1) is 0 Å². The van der Waals surface area contributed by atoms with Crippen molar-refractivity contribution in [1.29, 1.82) is 0 Å². The van der Waals surface area contributed by atoms with Gasteiger partial charge in [0.05, 0.1) is 0 Å². The Labute approximate surface area is 106 Å². The van der Waals surface area contributed by atoms with Gasteiger partial charge in [0.15, 0.2) is 0 Å². The Bertz CT molecular complexity index is 221. The van der Waals surface area contributed by atoms with Gasteiger partial charge in [-0.3, -0.25) is 4.79 Å². The normalized spacial score (nSPS) is 8.09. The largest absolute Gasteiger partial charge is 0.427 e. The minimum atomic E-state index is -0.286. The number of benzene rings is 1. The van der Waals surface area contributed by atoms with Crippen molar-refractivity contribution in [3.63, 3.8) is 0 Å². The second kappa shape index (κ2) is 5.87. The third-order valence-electron chi connectivity index (χ3n) is 1.00. The van der Waals surface area contributed by atoms with Crippen molar-refractivity contribution in [1.82, 2.24) is 0 Å². The molecule has 0 heterocycles. The zero-order chi connectivity index (χ0) is 7.40. The fraction of sp³-hybridized carbons (Fsp3) is 0.125. The number of carbonyl (C=O) groups excluding carboxylic acids is 1. The molecule has 59 valence electrons. The van der Waals surface area contributed by atoms with Crippen LogP contribution >= 0.6 is 0 Å². The second-order valence-electron chi connectivity index (χ2n) is 1.91. The number of esters is 1. The van der Waals surface area contributed by atoms with Gasteiger partial charge in [0.2, 0.25) is 0 Å². The maximum Gasteiger partial charge on any atom is 0.308 e. The van der Waals surface area contributed by atoms with E-state index in [1.165, 1.54) is 6.92 Å². The van der Waals surface area contributed by atoms with Crippen LogP contribution in [0.2, 0.25) is 0 Å². The predicted molar refractivity (Wildman–Crippen MR) is 37.8 cm³/mol. The molecule has 1 aromatic rings. The molecule has 3 heteroatoms. The predicted octanol–water partition coefficient (Wildman–Crippen LogP) is 1.61. The fourth-order valence-corrected chi connectivity index (χ4v) is 0.655. The van der Waals surface area contributed by atoms with Crippen molar-refractivity contribution < 1.29 is 58.9 Å². The zero-order valence-corrected chi connectivity index (χ0v) is 8.51. The van der Waals surface area contributed by atoms with E-state index >= 15 is 0 Å². The molecule has 0 amide bonds. The van der Waals surface area contributed by atoms with Crippen LogP contribution in [-0.4, -0.2) is 5.97 Å². The van der Waals surface area contributed by atoms with Crippen molar-refractivity contribution >= 4 is 5.97 Å². The summed E-state index contributed by atoms with van der Waals surface area (Å²) in [6, 6.07) is 8.98. The van der Waals surface area contributed by atoms with Crippen LogP contribution in [0.25, 0.3) is 0 Å². The summed E-state index contributed by atoms with van der Waals surface area (Å²) in [5.41, 5.74) is 0. The molecule has 1 rings (SSSR count). The summed E-state index contributed by atoms with van der Waals surface area (Å²) in [6.45, 7) is 1.38. The average molecular weight is 288 g/mol. The molecular weight excluding hydrogens is 280 g/mol. The van der Waals surface area contributed by atoms with Gasteiger partial charge >= 0.3 is 5.97 Å². The minimum absolute atomic E-state index is 0. The average Bonchev–Trinajstić information content (AvgIpc) is 1.88. The van der Waals surface area contributed by atoms with E-state index < -0.39 is 0 Å². The van der Waals surface area contributed by atoms with Crippen LogP contribution in [0.3, 0.4) is 0 Å². The zero-order valence-electron chi connectivity index (χ0n) is 6.08. The first-order valence-electron chi connectivity index (χ1n) is 3.02. The van der Waals surface area contributed by atoms with Crippen LogP contribution in [0.1, 0.15) is 6.92 Å². The standard InChI is InChI=1S/C8H8O2.Eu/c1-7(9)10-8-5-3-2-4-6-8;/h2-6H,1H3;. The number of para-hydroxylation sites is 1. The maximum atomic E-state index is 10.4. The topological polar surface area (TPSA) is 26.3 Å². The van der Waals surface area contributed by atoms with Crippen LogP contribution in [0.4, 0.5) is 0 Å². The molecule has 0 aliphatic carbocycles. The molecule has 0 atom stereocenters. The smallest absolute Gasteiger partial charge is 0.308 e. The number of rotatable bonds is 1. The van der Waals surface area contributed by atoms with Crippen LogP contribution in [0.5, 0.6) is 5.75 Å². The molecule has 2 nitrogen and oxygen atoms in total. The molecule has 0 unspecified atom stereocenters. The summed E-state index contributed by atoms with van der Waals surface area (Å²) < 4.78 is 4.78. The summed E-state index contributed by atoms with van der Waals surface area (Å²) in [6.07, 6.45) is 0. The first-order valence-corrected chi connectivity index (χ1v) is 3.02. The van der Waals surface area contributed by atoms with E-state index in [1.54, 1.807) is 12.1 Å². The van der Waals surface area contributed by atoms with E-state index in [9.17, 15) is 4.79 Å². The molecule has 0 bridgehead atoms. The van der Waals surface area contributed by atoms with Gasteiger partial charge in [-0.1, -0.05) is 18.2 Å². The molecule has 0 N–H and O–H groups in total. The first-order chi connectivity index (χ1) is 4.79. The van der Waals surface area contributed by atoms with Crippen LogP contribution in [-0.2, 0) is 4.79 Å². The molecule has 0 fully saturated rings. The molecule has 1 aromatic carbocycles. The Morgan fingerprint density at radius 1 is 1.27 bits per heavy atom. The van der Waals surface area contributed by atoms with Gasteiger partial charge in [-0.05, 0) is 12.1 Å². The molecule has 0 aromatic heterocycles. The SMILES string of the molecule is CC(=O)Oc1ccccc1.[Eu]. The van der Waals surface area contributed by atoms with Gasteiger partial charge < -0.3 is 4.74 Å². The van der Waals surface area contributed by atoms with Crippen molar-refractivity contribution in [2.45, 2.75) is 6.92 Å². The third-order valence-corrected chi connectivity index (χ3v) is 1.00. The van der Waals surface area contributed by atoms with Crippen molar-refractivity contribution in [3.05, 3.63) is 30.3 Å². The van der Waals surface area contributed by atoms with Gasteiger partial charge in [0.25, 0.3) is 0 Å². The summed E-state index contributed by atoms with van der Waals surface area (Å²) in [5.74, 6) is 0.307. The molecule has 0 aliphatic rings. The fourth-order valence-electron chi connectivity index (χ4n) is 0.655. The van der Waals surface area contributed by atoms with Crippen molar-refractivity contribution in [3.8, 4) is 5.75 Å². The van der Waals surface area contributed by atoms with Gasteiger partial charge in [0, 0.05) is 56.3 Å². The number of hydrogen-bond acceptors (Lipinski definition) is 2. The number of carbonyl (C=O) groups is 1. The Balaban J connectivity index is 0.000001000. The Kier molecular flexibility index (Phi) is 6.01. The number of ether oxygens (including phenoxy) is 1. The Morgan fingerprint density at radius 2 is 1.82 bits per heavy atom. The molecule has 1 radical (unpaired) electrons. The monoisotopic (exact) mass is 289 g/mol. The third kappa shape index (κ3) is 4.67. The summed E-state index contributed by atoms with van der Waals surface area (Å²) in [5, 5.41) is 0. The van der Waals surface area contributed by atoms with Gasteiger partial charge in [-0.2, -0.15) is 0 Å². The molecule has 0 saturated heterocycles. The summed E-state index contributed by atoms with van der Waals surface area (Å²) in [7, 11) is 0. The molecular formula is C8H8EuO2. The van der Waals surface area contributed by atoms with Crippen LogP contribution < -0.4 is 4.74 Å². The Hall–Kier alpha value is 0.274. The second-order valence-corrected chi connectivity index (χ2v) is 1.91. The molecule has 0 aliphatic heterocycles. The summed E-state index contributed by atoms with van der Waals surface area (Å²) >= 11 is 0. The van der Waals surface area contributed by atoms with E-state index in [-0.39, 0.29) is 55.3 Å². The van der Waals surface area contributed by atoms with E-state index in [1.807, 2.05) is 18.2 Å². The quantitative estimate of drug-likeness (QED) is 0.580. The van der Waals surface area contributed by atoms with E-state index in [0.29, 0.717) is 5.75 Å². The maximum absolute atomic E-state index is 10.4. The summed E-state index contributed by atoms with van der Waals surface area (Å²) in [4.78, 5) is 10.4. The van der Waals surface area contributed by atoms with E-state index in [0.717, 1.165) is 0 Å². The van der Waals surface area contributed by atoms with Gasteiger partial charge in [-0.25, -0.2) is 0 Å². The van der Waals surface area contributed by atoms with Crippen LogP contribution in [0.15, 0.2) is 30.3 Å². The molecule has 0 saturated carbocycles. The number of hydrogen-bond donors (Lipinski definition) is 0. The molecule has 11 heavy (non-hydrogen) atoms. The van der Waals surface area contributed by atoms with E-state index in [4.69, 9.17) is 4.74 Å². The molecule has 0 spiro atoms. The van der Waals surface area contributed by atoms with Crippen molar-refractivity contribution in [2.24, 2.45) is 0 Å². The van der Waals surface area contributed by atoms with Crippen LogP contribution in [0, 0.1) is 49.4 Å². The van der Waals surface area contributed by atoms with E-state index in [2.05, 4.69) is 0 Å². The van der Waals surface area contributed by atoms with Gasteiger partial charge in [0.1, 0.15) is 5.75 Å². The Morgan fingerprint density at radius 3 is 2.27 bits per heavy atom.